The highest BCUT2D eigenvalue weighted by Gasteiger charge is 2.46. The SMILES string of the molecule is COC(=O)C1=C[C@H](n2cc(-c3ccccc3NC(=O)CN)nn2)[C@@H](C)[C@H]([C@H](OC(C)=O)[C@@H](COC(C)=O)OC(C)=O)O1. The Morgan fingerprint density at radius 2 is 1.76 bits per heavy atom. The number of methoxy groups -OCH3 is 1. The number of carbonyl (C=O) groups is 5. The lowest BCUT2D eigenvalue weighted by Crippen LogP contribution is -2.52. The molecule has 15 nitrogen and oxygen atoms in total. The number of nitrogens with two attached hydrogens (primary N) is 1. The van der Waals surface area contributed by atoms with Crippen LogP contribution < -0.4 is 11.1 Å². The first-order valence-electron chi connectivity index (χ1n) is 12.9. The predicted molar refractivity (Wildman–Crippen MR) is 144 cm³/mol. The van der Waals surface area contributed by atoms with E-state index < -0.39 is 66.7 Å². The Morgan fingerprint density at radius 1 is 1.07 bits per heavy atom. The van der Waals surface area contributed by atoms with Crippen LogP contribution in [0.2, 0.25) is 0 Å². The topological polar surface area (TPSA) is 200 Å². The van der Waals surface area contributed by atoms with Crippen LogP contribution in [0.25, 0.3) is 11.3 Å². The first-order valence-corrected chi connectivity index (χ1v) is 12.9. The molecule has 1 aliphatic heterocycles. The average molecular weight is 588 g/mol. The molecular weight excluding hydrogens is 554 g/mol. The van der Waals surface area contributed by atoms with E-state index in [-0.39, 0.29) is 12.3 Å². The van der Waals surface area contributed by atoms with Crippen LogP contribution in [0.4, 0.5) is 5.69 Å². The number of allylic oxidation sites excluding steroid dienone is 1. The number of aromatic nitrogens is 3. The number of esters is 4. The van der Waals surface area contributed by atoms with Crippen molar-refractivity contribution in [2.45, 2.75) is 52.0 Å². The van der Waals surface area contributed by atoms with E-state index in [9.17, 15) is 24.0 Å². The number of ether oxygens (including phenoxy) is 5. The van der Waals surface area contributed by atoms with Crippen molar-refractivity contribution >= 4 is 35.5 Å². The first kappa shape index (κ1) is 31.7. The second-order valence-electron chi connectivity index (χ2n) is 9.36. The van der Waals surface area contributed by atoms with Crippen LogP contribution in [0, 0.1) is 5.92 Å². The third-order valence-electron chi connectivity index (χ3n) is 6.27. The van der Waals surface area contributed by atoms with Gasteiger partial charge in [0.05, 0.1) is 31.6 Å². The van der Waals surface area contributed by atoms with Crippen LogP contribution in [0.1, 0.15) is 33.7 Å². The highest BCUT2D eigenvalue weighted by molar-refractivity contribution is 5.96. The Bertz CT molecular complexity index is 1360. The number of para-hydroxylation sites is 1. The Hall–Kier alpha value is -4.79. The summed E-state index contributed by atoms with van der Waals surface area (Å²) in [6, 6.07) is 6.21. The Morgan fingerprint density at radius 3 is 2.38 bits per heavy atom. The lowest BCUT2D eigenvalue weighted by molar-refractivity contribution is -0.190. The van der Waals surface area contributed by atoms with Crippen molar-refractivity contribution in [3.8, 4) is 11.3 Å². The van der Waals surface area contributed by atoms with Gasteiger partial charge in [0.25, 0.3) is 0 Å². The van der Waals surface area contributed by atoms with E-state index in [1.165, 1.54) is 24.8 Å². The standard InChI is InChI=1S/C27H33N5O10/c1-14-21(32-12-20(30-31-32)18-8-6-7-9-19(18)29-24(36)11-28)10-22(27(37)38-5)42-25(14)26(41-17(4)35)23(40-16(3)34)13-39-15(2)33/h6-10,12,14,21,23,25-26H,11,13,28H2,1-5H3,(H,29,36)/t14-,21+,23-,25-,26-/m1/s1. The van der Waals surface area contributed by atoms with Gasteiger partial charge in [0, 0.05) is 32.3 Å². The number of hydrogen-bond donors (Lipinski definition) is 2. The third kappa shape index (κ3) is 7.90. The number of nitrogens with one attached hydrogen (secondary N) is 1. The van der Waals surface area contributed by atoms with Gasteiger partial charge >= 0.3 is 23.9 Å². The predicted octanol–water partition coefficient (Wildman–Crippen LogP) is 0.902. The molecule has 0 aliphatic carbocycles. The molecule has 1 aliphatic rings. The fraction of sp³-hybridized carbons (Fsp3) is 0.444. The fourth-order valence-electron chi connectivity index (χ4n) is 4.41. The van der Waals surface area contributed by atoms with Crippen molar-refractivity contribution in [3.05, 3.63) is 42.3 Å². The summed E-state index contributed by atoms with van der Waals surface area (Å²) in [5.41, 5.74) is 6.87. The summed E-state index contributed by atoms with van der Waals surface area (Å²) in [5, 5.41) is 11.2. The summed E-state index contributed by atoms with van der Waals surface area (Å²) in [4.78, 5) is 60.2. The molecule has 1 aromatic heterocycles. The van der Waals surface area contributed by atoms with Gasteiger partial charge in [-0.1, -0.05) is 30.3 Å². The van der Waals surface area contributed by atoms with Crippen LogP contribution in [0.5, 0.6) is 0 Å². The van der Waals surface area contributed by atoms with E-state index >= 15 is 0 Å². The van der Waals surface area contributed by atoms with E-state index in [1.807, 2.05) is 0 Å². The molecule has 1 aromatic carbocycles. The summed E-state index contributed by atoms with van der Waals surface area (Å²) in [6.07, 6.45) is -0.616. The molecule has 15 heteroatoms. The molecule has 1 amide bonds. The number of carbonyl (C=O) groups excluding carboxylic acids is 5. The van der Waals surface area contributed by atoms with Gasteiger partial charge in [0.2, 0.25) is 11.7 Å². The van der Waals surface area contributed by atoms with Crippen molar-refractivity contribution in [2.75, 3.05) is 25.6 Å². The normalized spacial score (nSPS) is 19.3. The Kier molecular flexibility index (Phi) is 10.7. The maximum atomic E-state index is 12.6. The number of benzene rings is 1. The van der Waals surface area contributed by atoms with Crippen LogP contribution in [-0.2, 0) is 47.7 Å². The summed E-state index contributed by atoms with van der Waals surface area (Å²) in [6.45, 7) is 4.55. The minimum absolute atomic E-state index is 0.210. The minimum atomic E-state index is -1.31. The largest absolute Gasteiger partial charge is 0.479 e. The smallest absolute Gasteiger partial charge is 0.373 e. The van der Waals surface area contributed by atoms with Crippen LogP contribution in [0.3, 0.4) is 0 Å². The molecule has 0 bridgehead atoms. The molecule has 2 heterocycles. The molecule has 0 fully saturated rings. The monoisotopic (exact) mass is 587 g/mol. The van der Waals surface area contributed by atoms with Gasteiger partial charge in [-0.25, -0.2) is 9.48 Å². The van der Waals surface area contributed by atoms with Crippen molar-refractivity contribution in [1.29, 1.82) is 0 Å². The number of nitrogens with zero attached hydrogens (tertiary/aromatic N) is 3. The number of rotatable bonds is 11. The Balaban J connectivity index is 2.05. The van der Waals surface area contributed by atoms with E-state index in [1.54, 1.807) is 37.4 Å². The lowest BCUT2D eigenvalue weighted by Gasteiger charge is -2.40. The lowest BCUT2D eigenvalue weighted by atomic mass is 9.87. The summed E-state index contributed by atoms with van der Waals surface area (Å²) in [5.74, 6) is -4.15. The van der Waals surface area contributed by atoms with Gasteiger partial charge in [0.1, 0.15) is 18.4 Å². The molecule has 0 unspecified atom stereocenters. The maximum Gasteiger partial charge on any atom is 0.373 e. The summed E-state index contributed by atoms with van der Waals surface area (Å²) in [7, 11) is 1.17. The number of amides is 1. The van der Waals surface area contributed by atoms with Crippen LogP contribution >= 0.6 is 0 Å². The highest BCUT2D eigenvalue weighted by Crippen LogP contribution is 2.37. The average Bonchev–Trinajstić information content (AvgIpc) is 3.43. The molecule has 3 N–H and O–H groups in total. The fourth-order valence-corrected chi connectivity index (χ4v) is 4.41. The van der Waals surface area contributed by atoms with Crippen molar-refractivity contribution in [3.63, 3.8) is 0 Å². The van der Waals surface area contributed by atoms with Gasteiger partial charge in [-0.15, -0.1) is 5.10 Å². The second-order valence-corrected chi connectivity index (χ2v) is 9.36. The van der Waals surface area contributed by atoms with Gasteiger partial charge in [-0.3, -0.25) is 19.2 Å². The van der Waals surface area contributed by atoms with Crippen molar-refractivity contribution in [2.24, 2.45) is 11.7 Å². The molecule has 0 radical (unpaired) electrons. The zero-order valence-electron chi connectivity index (χ0n) is 23.8. The molecule has 3 rings (SSSR count). The number of hydrogen-bond acceptors (Lipinski definition) is 13. The molecule has 0 spiro atoms. The molecule has 226 valence electrons. The molecule has 0 saturated carbocycles. The molecule has 0 saturated heterocycles. The molecule has 42 heavy (non-hydrogen) atoms. The zero-order chi connectivity index (χ0) is 31.0. The van der Waals surface area contributed by atoms with E-state index in [0.29, 0.717) is 16.9 Å². The Labute approximate surface area is 241 Å². The molecular formula is C27H33N5O10. The third-order valence-corrected chi connectivity index (χ3v) is 6.27. The second kappa shape index (κ2) is 14.2. The molecule has 2 aromatic rings. The van der Waals surface area contributed by atoms with Gasteiger partial charge in [-0.05, 0) is 12.1 Å². The quantitative estimate of drug-likeness (QED) is 0.278. The molecule has 5 atom stereocenters. The van der Waals surface area contributed by atoms with E-state index in [4.69, 9.17) is 29.4 Å². The summed E-state index contributed by atoms with van der Waals surface area (Å²) >= 11 is 0. The van der Waals surface area contributed by atoms with Crippen LogP contribution in [-0.4, -0.2) is 83.4 Å². The van der Waals surface area contributed by atoms with Crippen molar-refractivity contribution in [1.82, 2.24) is 15.0 Å². The van der Waals surface area contributed by atoms with Gasteiger partial charge in [-0.2, -0.15) is 0 Å². The first-order chi connectivity index (χ1) is 19.9. The number of anilines is 1. The van der Waals surface area contributed by atoms with Gasteiger partial charge in [0.15, 0.2) is 12.2 Å². The van der Waals surface area contributed by atoms with Crippen LogP contribution in [0.15, 0.2) is 42.3 Å². The van der Waals surface area contributed by atoms with E-state index in [2.05, 4.69) is 15.6 Å². The minimum Gasteiger partial charge on any atom is -0.479 e. The van der Waals surface area contributed by atoms with Gasteiger partial charge < -0.3 is 34.7 Å². The van der Waals surface area contributed by atoms with E-state index in [0.717, 1.165) is 13.8 Å². The highest BCUT2D eigenvalue weighted by atomic mass is 16.6. The maximum absolute atomic E-state index is 12.6. The van der Waals surface area contributed by atoms with Crippen molar-refractivity contribution < 1.29 is 47.7 Å². The summed E-state index contributed by atoms with van der Waals surface area (Å²) < 4.78 is 28.3. The zero-order valence-corrected chi connectivity index (χ0v) is 23.8.